The van der Waals surface area contributed by atoms with Crippen LogP contribution in [0.4, 0.5) is 10.1 Å². The molecule has 0 amide bonds. The molecule has 0 bridgehead atoms. The van der Waals surface area contributed by atoms with E-state index in [1.807, 2.05) is 25.1 Å². The van der Waals surface area contributed by atoms with Crippen LogP contribution in [0.15, 0.2) is 54.6 Å². The molecule has 27 heavy (non-hydrogen) atoms. The molecule has 4 rings (SSSR count). The minimum absolute atomic E-state index is 0.0318. The van der Waals surface area contributed by atoms with Gasteiger partial charge in [-0.2, -0.15) is 0 Å². The predicted octanol–water partition coefficient (Wildman–Crippen LogP) is 5.04. The lowest BCUT2D eigenvalue weighted by atomic mass is 9.75. The zero-order valence-corrected chi connectivity index (χ0v) is 15.4. The van der Waals surface area contributed by atoms with Crippen molar-refractivity contribution in [2.24, 2.45) is 0 Å². The van der Waals surface area contributed by atoms with Gasteiger partial charge in [-0.25, -0.2) is 4.39 Å². The number of phenolic OH excluding ortho intramolecular Hbond substituents is 1. The third-order valence-corrected chi connectivity index (χ3v) is 5.41. The van der Waals surface area contributed by atoms with Crippen molar-refractivity contribution in [1.29, 1.82) is 0 Å². The summed E-state index contributed by atoms with van der Waals surface area (Å²) >= 11 is 0. The second-order valence-corrected chi connectivity index (χ2v) is 7.22. The van der Waals surface area contributed by atoms with Crippen molar-refractivity contribution in [3.63, 3.8) is 0 Å². The summed E-state index contributed by atoms with van der Waals surface area (Å²) in [6.45, 7) is 4.35. The number of ether oxygens (including phenoxy) is 1. The molecule has 3 aromatic rings. The van der Waals surface area contributed by atoms with E-state index in [1.54, 1.807) is 12.1 Å². The smallest absolute Gasteiger partial charge is 0.146 e. The zero-order chi connectivity index (χ0) is 19.1. The molecule has 0 aliphatic carbocycles. The summed E-state index contributed by atoms with van der Waals surface area (Å²) < 4.78 is 20.3. The molecule has 0 radical (unpaired) electrons. The Kier molecular flexibility index (Phi) is 4.27. The second-order valence-electron chi connectivity index (χ2n) is 7.22. The Morgan fingerprint density at radius 3 is 2.59 bits per heavy atom. The first-order chi connectivity index (χ1) is 13.0. The Morgan fingerprint density at radius 2 is 1.85 bits per heavy atom. The molecule has 0 unspecified atom stereocenters. The first-order valence-electron chi connectivity index (χ1n) is 9.02. The highest BCUT2D eigenvalue weighted by Gasteiger charge is 2.35. The topological polar surface area (TPSA) is 55.5 Å². The third-order valence-electron chi connectivity index (χ3n) is 5.41. The Balaban J connectivity index is 1.91. The van der Waals surface area contributed by atoms with E-state index in [4.69, 9.17) is 10.5 Å². The molecule has 1 aliphatic rings. The van der Waals surface area contributed by atoms with E-state index in [-0.39, 0.29) is 23.3 Å². The number of aryl methyl sites for hydroxylation is 1. The fraction of sp³-hybridized carbons (Fsp3) is 0.217. The third kappa shape index (κ3) is 3.01. The van der Waals surface area contributed by atoms with Crippen molar-refractivity contribution in [3.8, 4) is 11.5 Å². The Labute approximate surface area is 158 Å². The molecule has 0 saturated carbocycles. The largest absolute Gasteiger partial charge is 0.508 e. The number of hydrogen-bond donors (Lipinski definition) is 2. The lowest BCUT2D eigenvalue weighted by Crippen LogP contribution is -2.26. The fourth-order valence-corrected chi connectivity index (χ4v) is 3.96. The van der Waals surface area contributed by atoms with Gasteiger partial charge in [0.25, 0.3) is 0 Å². The van der Waals surface area contributed by atoms with Crippen LogP contribution in [0.1, 0.15) is 39.7 Å². The maximum atomic E-state index is 14.3. The van der Waals surface area contributed by atoms with E-state index in [0.29, 0.717) is 17.9 Å². The Morgan fingerprint density at radius 1 is 1.04 bits per heavy atom. The molecule has 138 valence electrons. The monoisotopic (exact) mass is 363 g/mol. The van der Waals surface area contributed by atoms with Crippen LogP contribution in [0.5, 0.6) is 11.5 Å². The van der Waals surface area contributed by atoms with Crippen LogP contribution in [-0.4, -0.2) is 11.7 Å². The summed E-state index contributed by atoms with van der Waals surface area (Å²) in [7, 11) is 0. The van der Waals surface area contributed by atoms with E-state index in [2.05, 4.69) is 25.1 Å². The first-order valence-corrected chi connectivity index (χ1v) is 9.02. The number of nitrogens with two attached hydrogens (primary N) is 1. The average Bonchev–Trinajstić information content (AvgIpc) is 2.66. The van der Waals surface area contributed by atoms with Gasteiger partial charge in [-0.1, -0.05) is 42.0 Å². The quantitative estimate of drug-likeness (QED) is 0.627. The van der Waals surface area contributed by atoms with Crippen molar-refractivity contribution in [2.75, 3.05) is 12.3 Å². The van der Waals surface area contributed by atoms with Crippen LogP contribution in [0.2, 0.25) is 0 Å². The number of rotatable bonds is 2. The van der Waals surface area contributed by atoms with Gasteiger partial charge in [0.05, 0.1) is 12.3 Å². The molecule has 0 fully saturated rings. The number of fused-ring (bicyclic) bond motifs is 1. The van der Waals surface area contributed by atoms with Crippen LogP contribution >= 0.6 is 0 Å². The second kappa shape index (κ2) is 6.62. The van der Waals surface area contributed by atoms with Crippen molar-refractivity contribution >= 4 is 5.69 Å². The minimum atomic E-state index is -0.418. The standard InChI is InChI=1S/C23H22FNO2/c1-13-4-3-5-15(10-13)18-12-27-23-14(2)21(26)9-7-17(23)22(18)16-6-8-20(25)19(24)11-16/h3-11,18,22,26H,12,25H2,1-2H3/t18-,22-/m1/s1. The first kappa shape index (κ1) is 17.4. The van der Waals surface area contributed by atoms with E-state index in [1.165, 1.54) is 11.6 Å². The van der Waals surface area contributed by atoms with Gasteiger partial charge in [0, 0.05) is 23.0 Å². The summed E-state index contributed by atoms with van der Waals surface area (Å²) in [5.74, 6) is 0.402. The maximum absolute atomic E-state index is 14.3. The van der Waals surface area contributed by atoms with Gasteiger partial charge in [0.15, 0.2) is 0 Å². The summed E-state index contributed by atoms with van der Waals surface area (Å²) in [4.78, 5) is 0. The van der Waals surface area contributed by atoms with Crippen LogP contribution in [0.3, 0.4) is 0 Å². The number of benzene rings is 3. The van der Waals surface area contributed by atoms with Gasteiger partial charge in [-0.3, -0.25) is 0 Å². The molecular weight excluding hydrogens is 341 g/mol. The van der Waals surface area contributed by atoms with E-state index < -0.39 is 5.82 Å². The van der Waals surface area contributed by atoms with Crippen LogP contribution in [-0.2, 0) is 0 Å². The number of halogens is 1. The molecule has 4 heteroatoms. The number of anilines is 1. The summed E-state index contributed by atoms with van der Waals surface area (Å²) in [6, 6.07) is 16.9. The highest BCUT2D eigenvalue weighted by molar-refractivity contribution is 5.56. The zero-order valence-electron chi connectivity index (χ0n) is 15.4. The molecule has 3 nitrogen and oxygen atoms in total. The van der Waals surface area contributed by atoms with Crippen molar-refractivity contribution < 1.29 is 14.2 Å². The summed E-state index contributed by atoms with van der Waals surface area (Å²) in [5, 5.41) is 10.1. The molecule has 1 aliphatic heterocycles. The Bertz CT molecular complexity index is 1020. The molecule has 1 heterocycles. The van der Waals surface area contributed by atoms with E-state index >= 15 is 0 Å². The number of nitrogen functional groups attached to an aromatic ring is 1. The molecule has 3 aromatic carbocycles. The normalized spacial score (nSPS) is 18.6. The van der Waals surface area contributed by atoms with Gasteiger partial charge in [0.1, 0.15) is 17.3 Å². The highest BCUT2D eigenvalue weighted by Crippen LogP contribution is 2.48. The van der Waals surface area contributed by atoms with E-state index in [9.17, 15) is 9.50 Å². The van der Waals surface area contributed by atoms with Crippen LogP contribution < -0.4 is 10.5 Å². The summed E-state index contributed by atoms with van der Waals surface area (Å²) in [5.41, 5.74) is 10.7. The van der Waals surface area contributed by atoms with Crippen LogP contribution in [0.25, 0.3) is 0 Å². The predicted molar refractivity (Wildman–Crippen MR) is 105 cm³/mol. The Hall–Kier alpha value is -3.01. The SMILES string of the molecule is Cc1cccc([C@H]2COc3c(ccc(O)c3C)[C@H]2c2ccc(N)c(F)c2)c1. The van der Waals surface area contributed by atoms with Crippen LogP contribution in [0, 0.1) is 19.7 Å². The van der Waals surface area contributed by atoms with Gasteiger partial charge in [0.2, 0.25) is 0 Å². The average molecular weight is 363 g/mol. The van der Waals surface area contributed by atoms with Crippen molar-refractivity contribution in [1.82, 2.24) is 0 Å². The van der Waals surface area contributed by atoms with Crippen molar-refractivity contribution in [3.05, 3.63) is 88.2 Å². The number of aromatic hydroxyl groups is 1. The number of hydrogen-bond acceptors (Lipinski definition) is 3. The number of phenols is 1. The molecule has 0 spiro atoms. The fourth-order valence-electron chi connectivity index (χ4n) is 3.96. The molecule has 0 aromatic heterocycles. The van der Waals surface area contributed by atoms with E-state index in [0.717, 1.165) is 16.7 Å². The van der Waals surface area contributed by atoms with Gasteiger partial charge < -0.3 is 15.6 Å². The highest BCUT2D eigenvalue weighted by atomic mass is 19.1. The maximum Gasteiger partial charge on any atom is 0.146 e. The molecule has 3 N–H and O–H groups in total. The molecule has 2 atom stereocenters. The lowest BCUT2D eigenvalue weighted by Gasteiger charge is -2.35. The van der Waals surface area contributed by atoms with Crippen molar-refractivity contribution in [2.45, 2.75) is 25.7 Å². The van der Waals surface area contributed by atoms with Gasteiger partial charge >= 0.3 is 0 Å². The molecular formula is C23H22FNO2. The van der Waals surface area contributed by atoms with Gasteiger partial charge in [-0.15, -0.1) is 0 Å². The van der Waals surface area contributed by atoms with Gasteiger partial charge in [-0.05, 0) is 43.2 Å². The molecule has 0 saturated heterocycles. The minimum Gasteiger partial charge on any atom is -0.508 e. The summed E-state index contributed by atoms with van der Waals surface area (Å²) in [6.07, 6.45) is 0. The lowest BCUT2D eigenvalue weighted by molar-refractivity contribution is 0.245.